The highest BCUT2D eigenvalue weighted by Gasteiger charge is 2.66. The molecule has 0 bridgehead atoms. The average molecular weight is 444 g/mol. The molecule has 3 heterocycles. The van der Waals surface area contributed by atoms with Gasteiger partial charge in [0.05, 0.1) is 29.8 Å². The number of anilines is 1. The summed E-state index contributed by atoms with van der Waals surface area (Å²) in [6.07, 6.45) is 1.70. The minimum absolute atomic E-state index is 0.0966. The summed E-state index contributed by atoms with van der Waals surface area (Å²) in [5.41, 5.74) is 1.97. The van der Waals surface area contributed by atoms with Crippen LogP contribution in [0.25, 0.3) is 0 Å². The Bertz CT molecular complexity index is 1220. The van der Waals surface area contributed by atoms with Gasteiger partial charge in [-0.25, -0.2) is 4.90 Å². The molecular weight excluding hydrogens is 418 g/mol. The molecule has 2 saturated heterocycles. The zero-order valence-electron chi connectivity index (χ0n) is 19.0. The molecule has 3 aliphatic rings. The predicted octanol–water partition coefficient (Wildman–Crippen LogP) is 3.38. The van der Waals surface area contributed by atoms with Gasteiger partial charge in [0.15, 0.2) is 11.6 Å². The van der Waals surface area contributed by atoms with E-state index in [0.717, 1.165) is 11.1 Å². The van der Waals surface area contributed by atoms with Crippen molar-refractivity contribution in [1.82, 2.24) is 5.01 Å². The fourth-order valence-electron chi connectivity index (χ4n) is 5.21. The van der Waals surface area contributed by atoms with Gasteiger partial charge >= 0.3 is 0 Å². The van der Waals surface area contributed by atoms with E-state index in [2.05, 4.69) is 5.10 Å². The smallest absolute Gasteiger partial charge is 0.240 e. The van der Waals surface area contributed by atoms with Gasteiger partial charge in [-0.15, -0.1) is 0 Å². The van der Waals surface area contributed by atoms with Gasteiger partial charge in [0, 0.05) is 11.0 Å². The van der Waals surface area contributed by atoms with Gasteiger partial charge in [0.25, 0.3) is 0 Å². The Labute approximate surface area is 192 Å². The summed E-state index contributed by atoms with van der Waals surface area (Å²) in [5.74, 6) is -2.51. The van der Waals surface area contributed by atoms with E-state index >= 15 is 0 Å². The van der Waals surface area contributed by atoms with Crippen molar-refractivity contribution < 1.29 is 19.2 Å². The van der Waals surface area contributed by atoms with Crippen LogP contribution in [-0.4, -0.2) is 40.6 Å². The first kappa shape index (κ1) is 21.2. The molecule has 0 aliphatic carbocycles. The third-order valence-electron chi connectivity index (χ3n) is 6.83. The molecule has 0 aromatic heterocycles. The quantitative estimate of drug-likeness (QED) is 0.536. The highest BCUT2D eigenvalue weighted by Crippen LogP contribution is 2.53. The number of Topliss-reactive ketones (excluding diaryl/α,β-unsaturated/α-hetero) is 2. The molecule has 33 heavy (non-hydrogen) atoms. The number of fused-ring (bicyclic) bond motifs is 5. The Kier molecular flexibility index (Phi) is 4.64. The number of rotatable bonds is 3. The lowest BCUT2D eigenvalue weighted by molar-refractivity contribution is -0.136. The maximum absolute atomic E-state index is 13.7. The van der Waals surface area contributed by atoms with E-state index < -0.39 is 35.2 Å². The van der Waals surface area contributed by atoms with Gasteiger partial charge in [-0.3, -0.25) is 24.2 Å². The molecule has 0 unspecified atom stereocenters. The van der Waals surface area contributed by atoms with Gasteiger partial charge in [0.2, 0.25) is 11.8 Å². The van der Waals surface area contributed by atoms with E-state index in [4.69, 9.17) is 0 Å². The molecule has 168 valence electrons. The maximum atomic E-state index is 13.7. The molecule has 0 N–H and O–H groups in total. The molecule has 7 heteroatoms. The number of imide groups is 1. The minimum atomic E-state index is -0.831. The molecule has 2 aromatic rings. The van der Waals surface area contributed by atoms with E-state index in [1.54, 1.807) is 35.5 Å². The Balaban J connectivity index is 1.63. The van der Waals surface area contributed by atoms with Crippen LogP contribution in [0.5, 0.6) is 0 Å². The molecule has 2 fully saturated rings. The second-order valence-corrected chi connectivity index (χ2v) is 9.92. The Morgan fingerprint density at radius 3 is 2.18 bits per heavy atom. The van der Waals surface area contributed by atoms with E-state index in [1.807, 2.05) is 45.0 Å². The SMILES string of the molecule is CC(=O)c1ccc(N2C(=O)[C@@H]3[C@@H](C2=O)[C@H]2c4ccccc4C=NN2[C@@H]3C(=O)C(C)(C)C)cc1. The van der Waals surface area contributed by atoms with Crippen LogP contribution in [0, 0.1) is 17.3 Å². The van der Waals surface area contributed by atoms with Crippen LogP contribution >= 0.6 is 0 Å². The highest BCUT2D eigenvalue weighted by molar-refractivity contribution is 6.24. The number of carbonyl (C=O) groups excluding carboxylic acids is 4. The molecule has 0 radical (unpaired) electrons. The van der Waals surface area contributed by atoms with Gasteiger partial charge in [-0.1, -0.05) is 45.0 Å². The zero-order valence-corrected chi connectivity index (χ0v) is 19.0. The van der Waals surface area contributed by atoms with Crippen LogP contribution in [0.15, 0.2) is 53.6 Å². The molecule has 0 spiro atoms. The summed E-state index contributed by atoms with van der Waals surface area (Å²) in [5, 5.41) is 6.23. The second kappa shape index (κ2) is 7.20. The van der Waals surface area contributed by atoms with Crippen molar-refractivity contribution in [2.75, 3.05) is 4.90 Å². The highest BCUT2D eigenvalue weighted by atomic mass is 16.2. The first-order chi connectivity index (χ1) is 15.6. The maximum Gasteiger partial charge on any atom is 0.240 e. The number of hydrazone groups is 1. The molecule has 2 aromatic carbocycles. The van der Waals surface area contributed by atoms with Gasteiger partial charge in [0.1, 0.15) is 6.04 Å². The van der Waals surface area contributed by atoms with Crippen LogP contribution in [0.3, 0.4) is 0 Å². The van der Waals surface area contributed by atoms with Gasteiger partial charge in [-0.2, -0.15) is 5.10 Å². The number of nitrogens with zero attached hydrogens (tertiary/aromatic N) is 3. The number of amides is 2. The summed E-state index contributed by atoms with van der Waals surface area (Å²) in [6, 6.07) is 12.8. The summed E-state index contributed by atoms with van der Waals surface area (Å²) in [6.45, 7) is 6.92. The van der Waals surface area contributed by atoms with E-state index in [9.17, 15) is 19.2 Å². The van der Waals surface area contributed by atoms with E-state index in [-0.39, 0.29) is 17.5 Å². The number of hydrogen-bond donors (Lipinski definition) is 0. The van der Waals surface area contributed by atoms with Crippen molar-refractivity contribution in [3.05, 3.63) is 65.2 Å². The molecule has 0 saturated carbocycles. The average Bonchev–Trinajstić information content (AvgIpc) is 3.25. The van der Waals surface area contributed by atoms with Crippen molar-refractivity contribution in [3.63, 3.8) is 0 Å². The summed E-state index contributed by atoms with van der Waals surface area (Å²) in [7, 11) is 0. The second-order valence-electron chi connectivity index (χ2n) is 9.92. The number of carbonyl (C=O) groups is 4. The topological polar surface area (TPSA) is 87.1 Å². The van der Waals surface area contributed by atoms with Crippen LogP contribution < -0.4 is 4.90 Å². The predicted molar refractivity (Wildman–Crippen MR) is 123 cm³/mol. The fraction of sp³-hybridized carbons (Fsp3) is 0.346. The first-order valence-electron chi connectivity index (χ1n) is 11.1. The standard InChI is InChI=1S/C26H25N3O4/c1-14(30)15-9-11-17(12-10-15)28-24(32)19-20(25(28)33)22(23(31)26(2,3)4)29-21(19)18-8-6-5-7-16(18)13-27-29/h5-13,19-22H,1-4H3/t19-,20-,21-,22+/m1/s1. The summed E-state index contributed by atoms with van der Waals surface area (Å²) in [4.78, 5) is 53.9. The molecule has 2 amide bonds. The Hall–Kier alpha value is -3.61. The molecule has 3 aliphatic heterocycles. The van der Waals surface area contributed by atoms with E-state index in [1.165, 1.54) is 11.8 Å². The molecule has 4 atom stereocenters. The first-order valence-corrected chi connectivity index (χ1v) is 11.1. The van der Waals surface area contributed by atoms with Crippen LogP contribution in [-0.2, 0) is 14.4 Å². The lowest BCUT2D eigenvalue weighted by Crippen LogP contribution is -2.48. The van der Waals surface area contributed by atoms with Gasteiger partial charge in [-0.05, 0) is 42.3 Å². The van der Waals surface area contributed by atoms with Crippen LogP contribution in [0.2, 0.25) is 0 Å². The van der Waals surface area contributed by atoms with Crippen LogP contribution in [0.1, 0.15) is 55.2 Å². The lowest BCUT2D eigenvalue weighted by atomic mass is 9.79. The Morgan fingerprint density at radius 1 is 0.909 bits per heavy atom. The lowest BCUT2D eigenvalue weighted by Gasteiger charge is -2.35. The van der Waals surface area contributed by atoms with Crippen molar-refractivity contribution in [2.45, 2.75) is 39.8 Å². The van der Waals surface area contributed by atoms with Crippen molar-refractivity contribution in [3.8, 4) is 0 Å². The normalized spacial score (nSPS) is 25.7. The Morgan fingerprint density at radius 2 is 1.55 bits per heavy atom. The fourth-order valence-corrected chi connectivity index (χ4v) is 5.21. The van der Waals surface area contributed by atoms with Crippen LogP contribution in [0.4, 0.5) is 5.69 Å². The number of benzene rings is 2. The van der Waals surface area contributed by atoms with Crippen molar-refractivity contribution in [2.24, 2.45) is 22.4 Å². The number of ketones is 2. The van der Waals surface area contributed by atoms with Crippen molar-refractivity contribution in [1.29, 1.82) is 0 Å². The van der Waals surface area contributed by atoms with Crippen molar-refractivity contribution >= 4 is 35.3 Å². The molecule has 7 nitrogen and oxygen atoms in total. The monoisotopic (exact) mass is 443 g/mol. The number of hydrogen-bond acceptors (Lipinski definition) is 6. The molecule has 5 rings (SSSR count). The third kappa shape index (κ3) is 3.06. The van der Waals surface area contributed by atoms with Gasteiger partial charge < -0.3 is 0 Å². The van der Waals surface area contributed by atoms with E-state index in [0.29, 0.717) is 11.3 Å². The zero-order chi connectivity index (χ0) is 23.7. The minimum Gasteiger partial charge on any atom is -0.297 e. The molecular formula is C26H25N3O4. The summed E-state index contributed by atoms with van der Waals surface area (Å²) < 4.78 is 0. The third-order valence-corrected chi connectivity index (χ3v) is 6.83. The largest absolute Gasteiger partial charge is 0.297 e. The summed E-state index contributed by atoms with van der Waals surface area (Å²) >= 11 is 0.